The SMILES string of the molecule is CC1=C2C[C@]3(C)CC[C@@H](C(C)C)[C@H]3CC[C@@H](C)[C@@]2(O)CC1=O. The molecule has 0 aromatic rings. The van der Waals surface area contributed by atoms with Crippen molar-refractivity contribution in [3.8, 4) is 0 Å². The van der Waals surface area contributed by atoms with Crippen LogP contribution in [0.5, 0.6) is 0 Å². The van der Waals surface area contributed by atoms with Gasteiger partial charge in [-0.2, -0.15) is 0 Å². The number of ketones is 1. The Balaban J connectivity index is 2.01. The number of hydrogen-bond donors (Lipinski definition) is 1. The molecular weight excluding hydrogens is 272 g/mol. The second-order valence-electron chi connectivity index (χ2n) is 8.99. The van der Waals surface area contributed by atoms with E-state index < -0.39 is 5.60 Å². The van der Waals surface area contributed by atoms with Gasteiger partial charge in [-0.1, -0.05) is 27.7 Å². The predicted octanol–water partition coefficient (Wildman–Crippen LogP) is 4.52. The highest BCUT2D eigenvalue weighted by Gasteiger charge is 2.54. The lowest BCUT2D eigenvalue weighted by Crippen LogP contribution is -2.42. The fraction of sp³-hybridized carbons (Fsp3) is 0.850. The van der Waals surface area contributed by atoms with Crippen molar-refractivity contribution < 1.29 is 9.90 Å². The van der Waals surface area contributed by atoms with Crippen LogP contribution in [-0.4, -0.2) is 16.5 Å². The summed E-state index contributed by atoms with van der Waals surface area (Å²) in [6, 6.07) is 0. The van der Waals surface area contributed by atoms with Crippen LogP contribution in [-0.2, 0) is 4.79 Å². The lowest BCUT2D eigenvalue weighted by molar-refractivity contribution is -0.118. The van der Waals surface area contributed by atoms with Gasteiger partial charge in [0.1, 0.15) is 0 Å². The molecule has 0 unspecified atom stereocenters. The van der Waals surface area contributed by atoms with Crippen LogP contribution in [0.1, 0.15) is 73.1 Å². The number of allylic oxidation sites excluding steroid dienone is 1. The van der Waals surface area contributed by atoms with Crippen LogP contribution < -0.4 is 0 Å². The van der Waals surface area contributed by atoms with Crippen LogP contribution in [0.2, 0.25) is 0 Å². The van der Waals surface area contributed by atoms with Crippen molar-refractivity contribution in [2.24, 2.45) is 29.1 Å². The first-order chi connectivity index (χ1) is 10.2. The summed E-state index contributed by atoms with van der Waals surface area (Å²) in [5.41, 5.74) is 1.36. The van der Waals surface area contributed by atoms with Gasteiger partial charge in [0.2, 0.25) is 0 Å². The zero-order valence-corrected chi connectivity index (χ0v) is 14.9. The van der Waals surface area contributed by atoms with Crippen LogP contribution >= 0.6 is 0 Å². The first-order valence-corrected chi connectivity index (χ1v) is 9.15. The molecule has 0 heterocycles. The van der Waals surface area contributed by atoms with Gasteiger partial charge in [0, 0.05) is 6.42 Å². The third kappa shape index (κ3) is 2.21. The number of carbonyl (C=O) groups is 1. The molecule has 3 aliphatic carbocycles. The lowest BCUT2D eigenvalue weighted by Gasteiger charge is -2.44. The van der Waals surface area contributed by atoms with E-state index in [0.29, 0.717) is 6.42 Å². The van der Waals surface area contributed by atoms with Gasteiger partial charge in [0.05, 0.1) is 5.60 Å². The Morgan fingerprint density at radius 1 is 1.18 bits per heavy atom. The Morgan fingerprint density at radius 3 is 2.50 bits per heavy atom. The molecule has 0 aromatic heterocycles. The minimum Gasteiger partial charge on any atom is -0.385 e. The van der Waals surface area contributed by atoms with Crippen LogP contribution in [0.3, 0.4) is 0 Å². The average molecular weight is 304 g/mol. The fourth-order valence-corrected chi connectivity index (χ4v) is 5.79. The topological polar surface area (TPSA) is 37.3 Å². The van der Waals surface area contributed by atoms with Gasteiger partial charge in [-0.05, 0) is 79.3 Å². The second kappa shape index (κ2) is 5.19. The third-order valence-electron chi connectivity index (χ3n) is 7.45. The molecule has 124 valence electrons. The number of hydrogen-bond acceptors (Lipinski definition) is 2. The number of carbonyl (C=O) groups excluding carboxylic acids is 1. The Hall–Kier alpha value is -0.630. The van der Waals surface area contributed by atoms with Crippen LogP contribution in [0.25, 0.3) is 0 Å². The van der Waals surface area contributed by atoms with E-state index in [1.165, 1.54) is 19.3 Å². The standard InChI is InChI=1S/C20H32O2/c1-12(2)15-8-9-19(5)10-17-14(4)18(21)11-20(17,22)13(3)6-7-16(15)19/h12-13,15-16,22H,6-11H2,1-5H3/t13-,15+,16-,19+,20+/m1/s1. The van der Waals surface area contributed by atoms with Crippen molar-refractivity contribution in [1.82, 2.24) is 0 Å². The molecule has 0 aromatic carbocycles. The maximum absolute atomic E-state index is 12.3. The first-order valence-electron chi connectivity index (χ1n) is 9.15. The quantitative estimate of drug-likeness (QED) is 0.773. The molecule has 2 saturated carbocycles. The van der Waals surface area contributed by atoms with E-state index in [2.05, 4.69) is 27.7 Å². The molecule has 0 bridgehead atoms. The maximum Gasteiger partial charge on any atom is 0.161 e. The summed E-state index contributed by atoms with van der Waals surface area (Å²) in [7, 11) is 0. The van der Waals surface area contributed by atoms with E-state index in [1.807, 2.05) is 6.92 Å². The second-order valence-corrected chi connectivity index (χ2v) is 8.99. The minimum atomic E-state index is -0.856. The molecule has 3 rings (SSSR count). The zero-order valence-electron chi connectivity index (χ0n) is 14.9. The Bertz CT molecular complexity index is 518. The molecule has 1 N–H and O–H groups in total. The highest BCUT2D eigenvalue weighted by atomic mass is 16.3. The van der Waals surface area contributed by atoms with E-state index in [4.69, 9.17) is 0 Å². The molecule has 0 spiro atoms. The van der Waals surface area contributed by atoms with E-state index in [1.54, 1.807) is 0 Å². The molecule has 2 heteroatoms. The predicted molar refractivity (Wildman–Crippen MR) is 89.4 cm³/mol. The number of aliphatic hydroxyl groups is 1. The van der Waals surface area contributed by atoms with Gasteiger partial charge in [-0.25, -0.2) is 0 Å². The Kier molecular flexibility index (Phi) is 3.83. The molecule has 5 atom stereocenters. The van der Waals surface area contributed by atoms with Gasteiger partial charge >= 0.3 is 0 Å². The van der Waals surface area contributed by atoms with Gasteiger partial charge in [0.15, 0.2) is 5.78 Å². The van der Waals surface area contributed by atoms with Crippen molar-refractivity contribution in [3.63, 3.8) is 0 Å². The van der Waals surface area contributed by atoms with Crippen molar-refractivity contribution in [3.05, 3.63) is 11.1 Å². The third-order valence-corrected chi connectivity index (χ3v) is 7.45. The average Bonchev–Trinajstić information content (AvgIpc) is 2.86. The van der Waals surface area contributed by atoms with Gasteiger partial charge in [-0.3, -0.25) is 4.79 Å². The summed E-state index contributed by atoms with van der Waals surface area (Å²) in [5, 5.41) is 11.3. The van der Waals surface area contributed by atoms with Crippen molar-refractivity contribution >= 4 is 5.78 Å². The fourth-order valence-electron chi connectivity index (χ4n) is 5.79. The van der Waals surface area contributed by atoms with Gasteiger partial charge < -0.3 is 5.11 Å². The molecule has 2 nitrogen and oxygen atoms in total. The lowest BCUT2D eigenvalue weighted by atomic mass is 9.62. The van der Waals surface area contributed by atoms with E-state index in [-0.39, 0.29) is 17.1 Å². The number of Topliss-reactive ketones (excluding diaryl/α,β-unsaturated/α-hetero) is 1. The highest BCUT2D eigenvalue weighted by Crippen LogP contribution is 2.59. The van der Waals surface area contributed by atoms with Crippen LogP contribution in [0.4, 0.5) is 0 Å². The Morgan fingerprint density at radius 2 is 1.86 bits per heavy atom. The van der Waals surface area contributed by atoms with Crippen molar-refractivity contribution in [1.29, 1.82) is 0 Å². The molecule has 0 amide bonds. The number of rotatable bonds is 1. The Labute approximate surface area is 135 Å². The summed E-state index contributed by atoms with van der Waals surface area (Å²) >= 11 is 0. The van der Waals surface area contributed by atoms with Crippen LogP contribution in [0.15, 0.2) is 11.1 Å². The molecule has 0 aliphatic heterocycles. The van der Waals surface area contributed by atoms with E-state index >= 15 is 0 Å². The number of fused-ring (bicyclic) bond motifs is 2. The minimum absolute atomic E-state index is 0.171. The van der Waals surface area contributed by atoms with E-state index in [9.17, 15) is 9.90 Å². The maximum atomic E-state index is 12.3. The summed E-state index contributed by atoms with van der Waals surface area (Å²) in [6.45, 7) is 11.2. The summed E-state index contributed by atoms with van der Waals surface area (Å²) in [5.74, 6) is 2.66. The molecule has 2 fully saturated rings. The highest BCUT2D eigenvalue weighted by molar-refractivity contribution is 6.00. The van der Waals surface area contributed by atoms with Gasteiger partial charge in [-0.15, -0.1) is 0 Å². The molecule has 3 aliphatic rings. The van der Waals surface area contributed by atoms with Crippen LogP contribution in [0, 0.1) is 29.1 Å². The molecule has 22 heavy (non-hydrogen) atoms. The first kappa shape index (κ1) is 16.2. The van der Waals surface area contributed by atoms with Crippen molar-refractivity contribution in [2.45, 2.75) is 78.7 Å². The molecule has 0 radical (unpaired) electrons. The smallest absolute Gasteiger partial charge is 0.161 e. The molecule has 0 saturated heterocycles. The largest absolute Gasteiger partial charge is 0.385 e. The normalized spacial score (nSPS) is 45.8. The van der Waals surface area contributed by atoms with Crippen molar-refractivity contribution in [2.75, 3.05) is 0 Å². The van der Waals surface area contributed by atoms with E-state index in [0.717, 1.165) is 41.7 Å². The molecular formula is C20H32O2. The summed E-state index contributed by atoms with van der Waals surface area (Å²) in [4.78, 5) is 12.3. The zero-order chi connectivity index (χ0) is 16.3. The van der Waals surface area contributed by atoms with Gasteiger partial charge in [0.25, 0.3) is 0 Å². The summed E-state index contributed by atoms with van der Waals surface area (Å²) in [6.07, 6.45) is 6.07. The summed E-state index contributed by atoms with van der Waals surface area (Å²) < 4.78 is 0. The monoisotopic (exact) mass is 304 g/mol.